The molecule has 0 radical (unpaired) electrons. The van der Waals surface area contributed by atoms with E-state index < -0.39 is 35.6 Å². The van der Waals surface area contributed by atoms with Crippen LogP contribution < -0.4 is 10.6 Å². The van der Waals surface area contributed by atoms with Gasteiger partial charge in [-0.15, -0.1) is 0 Å². The molecule has 0 aliphatic heterocycles. The van der Waals surface area contributed by atoms with Crippen LogP contribution in [-0.4, -0.2) is 45.6 Å². The minimum absolute atomic E-state index is 0.0770. The van der Waals surface area contributed by atoms with E-state index in [1.807, 2.05) is 58.0 Å². The van der Waals surface area contributed by atoms with Gasteiger partial charge in [-0.3, -0.25) is 9.59 Å². The summed E-state index contributed by atoms with van der Waals surface area (Å²) in [6, 6.07) is 13.6. The lowest BCUT2D eigenvalue weighted by atomic mass is 9.96. The first-order valence-electron chi connectivity index (χ1n) is 13.2. The highest BCUT2D eigenvalue weighted by atomic mass is 16.6. The fourth-order valence-corrected chi connectivity index (χ4v) is 4.14. The lowest BCUT2D eigenvalue weighted by Gasteiger charge is -2.38. The molecule has 3 N–H and O–H groups in total. The maximum absolute atomic E-state index is 14.2. The van der Waals surface area contributed by atoms with Crippen molar-refractivity contribution < 1.29 is 24.2 Å². The molecule has 2 aromatic rings. The number of para-hydroxylation sites is 1. The normalized spacial score (nSPS) is 13.8. The average molecular weight is 526 g/mol. The van der Waals surface area contributed by atoms with E-state index in [0.717, 1.165) is 5.56 Å². The Morgan fingerprint density at radius 1 is 0.974 bits per heavy atom. The van der Waals surface area contributed by atoms with Crippen LogP contribution in [0.2, 0.25) is 0 Å². The van der Waals surface area contributed by atoms with Gasteiger partial charge in [-0.05, 0) is 58.1 Å². The zero-order chi connectivity index (χ0) is 28.5. The summed E-state index contributed by atoms with van der Waals surface area (Å²) in [5, 5.41) is 16.4. The number of nitrogens with zero attached hydrogens (tertiary/aromatic N) is 1. The topological polar surface area (TPSA) is 108 Å². The van der Waals surface area contributed by atoms with Crippen molar-refractivity contribution in [3.05, 3.63) is 65.7 Å². The molecule has 3 unspecified atom stereocenters. The number of hydrogen-bond donors (Lipinski definition) is 3. The lowest BCUT2D eigenvalue weighted by molar-refractivity contribution is -0.145. The summed E-state index contributed by atoms with van der Waals surface area (Å²) in [5.41, 5.74) is 0.483. The maximum Gasteiger partial charge on any atom is 0.408 e. The number of aromatic hydroxyl groups is 1. The molecule has 8 nitrogen and oxygen atoms in total. The Morgan fingerprint density at radius 2 is 1.58 bits per heavy atom. The summed E-state index contributed by atoms with van der Waals surface area (Å²) in [6.07, 6.45) is 0.209. The van der Waals surface area contributed by atoms with E-state index in [0.29, 0.717) is 18.4 Å². The number of ether oxygens (including phenoxy) is 1. The molecule has 0 spiro atoms. The third-order valence-corrected chi connectivity index (χ3v) is 6.08. The number of amides is 3. The second-order valence-electron chi connectivity index (χ2n) is 11.0. The zero-order valence-corrected chi connectivity index (χ0v) is 23.7. The van der Waals surface area contributed by atoms with Crippen LogP contribution in [0.15, 0.2) is 54.6 Å². The molecule has 0 aliphatic rings. The third kappa shape index (κ3) is 9.08. The Balaban J connectivity index is 2.50. The molecule has 0 saturated heterocycles. The van der Waals surface area contributed by atoms with Gasteiger partial charge in [0.05, 0.1) is 0 Å². The highest BCUT2D eigenvalue weighted by Crippen LogP contribution is 2.32. The molecule has 3 amide bonds. The van der Waals surface area contributed by atoms with Crippen molar-refractivity contribution in [1.29, 1.82) is 0 Å². The third-order valence-electron chi connectivity index (χ3n) is 6.08. The maximum atomic E-state index is 14.2. The lowest BCUT2D eigenvalue weighted by Crippen LogP contribution is -2.55. The molecular formula is C30H43N3O5. The first-order chi connectivity index (χ1) is 17.8. The minimum atomic E-state index is -1.11. The number of nitrogens with one attached hydrogen (secondary N) is 2. The monoisotopic (exact) mass is 525 g/mol. The van der Waals surface area contributed by atoms with Gasteiger partial charge >= 0.3 is 6.09 Å². The SMILES string of the molecule is CCC(C)N(C(=O)C(CC(C)C)NC(=O)OC(C)(C)C)C(C(=O)NCc1ccccc1)c1ccccc1O. The molecule has 0 heterocycles. The van der Waals surface area contributed by atoms with Crippen molar-refractivity contribution >= 4 is 17.9 Å². The van der Waals surface area contributed by atoms with Crippen LogP contribution in [0, 0.1) is 5.92 Å². The van der Waals surface area contributed by atoms with Gasteiger partial charge in [-0.2, -0.15) is 0 Å². The van der Waals surface area contributed by atoms with Crippen LogP contribution in [0.5, 0.6) is 5.75 Å². The summed E-state index contributed by atoms with van der Waals surface area (Å²) in [4.78, 5) is 42.1. The molecule has 2 aromatic carbocycles. The highest BCUT2D eigenvalue weighted by molar-refractivity contribution is 5.92. The predicted octanol–water partition coefficient (Wildman–Crippen LogP) is 5.32. The van der Waals surface area contributed by atoms with Crippen LogP contribution in [0.3, 0.4) is 0 Å². The summed E-state index contributed by atoms with van der Waals surface area (Å²) < 4.78 is 5.43. The van der Waals surface area contributed by atoms with Crippen molar-refractivity contribution in [2.24, 2.45) is 5.92 Å². The number of carbonyl (C=O) groups is 3. The summed E-state index contributed by atoms with van der Waals surface area (Å²) in [7, 11) is 0. The van der Waals surface area contributed by atoms with Gasteiger partial charge < -0.3 is 25.4 Å². The van der Waals surface area contributed by atoms with Crippen molar-refractivity contribution in [3.8, 4) is 5.75 Å². The van der Waals surface area contributed by atoms with E-state index >= 15 is 0 Å². The number of carbonyl (C=O) groups excluding carboxylic acids is 3. The number of hydrogen-bond acceptors (Lipinski definition) is 5. The summed E-state index contributed by atoms with van der Waals surface area (Å²) in [6.45, 7) is 13.2. The van der Waals surface area contributed by atoms with Crippen molar-refractivity contribution in [1.82, 2.24) is 15.5 Å². The molecule has 0 fully saturated rings. The second kappa shape index (κ2) is 13.8. The Bertz CT molecular complexity index is 1070. The van der Waals surface area contributed by atoms with E-state index in [-0.39, 0.29) is 24.3 Å². The average Bonchev–Trinajstić information content (AvgIpc) is 2.84. The minimum Gasteiger partial charge on any atom is -0.508 e. The molecule has 208 valence electrons. The smallest absolute Gasteiger partial charge is 0.408 e. The van der Waals surface area contributed by atoms with Crippen LogP contribution in [0.1, 0.15) is 78.5 Å². The molecule has 0 bridgehead atoms. The Morgan fingerprint density at radius 3 is 2.13 bits per heavy atom. The highest BCUT2D eigenvalue weighted by Gasteiger charge is 2.39. The fourth-order valence-electron chi connectivity index (χ4n) is 4.14. The first-order valence-corrected chi connectivity index (χ1v) is 13.2. The summed E-state index contributed by atoms with van der Waals surface area (Å²) in [5.74, 6) is -0.853. The Labute approximate surface area is 226 Å². The van der Waals surface area contributed by atoms with Crippen molar-refractivity contribution in [2.75, 3.05) is 0 Å². The second-order valence-corrected chi connectivity index (χ2v) is 11.0. The van der Waals surface area contributed by atoms with Gasteiger partial charge in [-0.1, -0.05) is 69.3 Å². The van der Waals surface area contributed by atoms with Gasteiger partial charge in [0, 0.05) is 18.2 Å². The molecular weight excluding hydrogens is 482 g/mol. The van der Waals surface area contributed by atoms with Gasteiger partial charge in [-0.25, -0.2) is 4.79 Å². The van der Waals surface area contributed by atoms with E-state index in [2.05, 4.69) is 10.6 Å². The molecule has 0 aliphatic carbocycles. The molecule has 2 rings (SSSR count). The number of rotatable bonds is 11. The van der Waals surface area contributed by atoms with E-state index in [1.54, 1.807) is 39.0 Å². The van der Waals surface area contributed by atoms with Crippen molar-refractivity contribution in [2.45, 2.75) is 91.6 Å². The quantitative estimate of drug-likeness (QED) is 0.368. The standard InChI is InChI=1S/C30H43N3O5/c1-8-21(4)33(28(36)24(18-20(2)3)32-29(37)38-30(5,6)7)26(23-16-12-13-17-25(23)34)27(35)31-19-22-14-10-9-11-15-22/h9-17,20-21,24,26,34H,8,18-19H2,1-7H3,(H,31,35)(H,32,37). The molecule has 3 atom stereocenters. The predicted molar refractivity (Wildman–Crippen MR) is 148 cm³/mol. The largest absolute Gasteiger partial charge is 0.508 e. The number of phenolic OH excluding ortho intramolecular Hbond substituents is 1. The molecule has 8 heteroatoms. The van der Waals surface area contributed by atoms with Crippen molar-refractivity contribution in [3.63, 3.8) is 0 Å². The zero-order valence-electron chi connectivity index (χ0n) is 23.7. The Kier molecular flexibility index (Phi) is 11.2. The number of benzene rings is 2. The van der Waals surface area contributed by atoms with E-state index in [4.69, 9.17) is 4.74 Å². The first kappa shape index (κ1) is 30.7. The van der Waals surface area contributed by atoms with Crippen LogP contribution >= 0.6 is 0 Å². The number of alkyl carbamates (subject to hydrolysis) is 1. The molecule has 0 saturated carbocycles. The van der Waals surface area contributed by atoms with E-state index in [9.17, 15) is 19.5 Å². The van der Waals surface area contributed by atoms with Gasteiger partial charge in [0.15, 0.2) is 0 Å². The van der Waals surface area contributed by atoms with Gasteiger partial charge in [0.25, 0.3) is 0 Å². The molecule has 0 aromatic heterocycles. The van der Waals surface area contributed by atoms with Gasteiger partial charge in [0.2, 0.25) is 11.8 Å². The van der Waals surface area contributed by atoms with Crippen LogP contribution in [-0.2, 0) is 20.9 Å². The number of phenols is 1. The summed E-state index contributed by atoms with van der Waals surface area (Å²) >= 11 is 0. The fraction of sp³-hybridized carbons (Fsp3) is 0.500. The van der Waals surface area contributed by atoms with Crippen LogP contribution in [0.4, 0.5) is 4.79 Å². The molecule has 38 heavy (non-hydrogen) atoms. The van der Waals surface area contributed by atoms with Crippen LogP contribution in [0.25, 0.3) is 0 Å². The van der Waals surface area contributed by atoms with Gasteiger partial charge in [0.1, 0.15) is 23.4 Å². The Hall–Kier alpha value is -3.55. The van der Waals surface area contributed by atoms with E-state index in [1.165, 1.54) is 11.0 Å².